The van der Waals surface area contributed by atoms with Crippen LogP contribution in [0.3, 0.4) is 0 Å². The molecule has 120 valence electrons. The normalized spacial score (nSPS) is 21.0. The van der Waals surface area contributed by atoms with Gasteiger partial charge in [0.1, 0.15) is 11.9 Å². The first-order chi connectivity index (χ1) is 10.8. The SMILES string of the molecule is CC(C)c1cc2c(cc1F)C(=O)N([C@@H]1CCC(=O)NC1=O)C2=O. The van der Waals surface area contributed by atoms with Gasteiger partial charge < -0.3 is 0 Å². The number of hydrogen-bond donors (Lipinski definition) is 1. The molecule has 0 aromatic heterocycles. The van der Waals surface area contributed by atoms with Crippen molar-refractivity contribution < 1.29 is 23.6 Å². The number of benzene rings is 1. The van der Waals surface area contributed by atoms with Gasteiger partial charge in [0.25, 0.3) is 11.8 Å². The lowest BCUT2D eigenvalue weighted by atomic mass is 9.97. The van der Waals surface area contributed by atoms with E-state index in [0.29, 0.717) is 5.56 Å². The second kappa shape index (κ2) is 5.26. The fourth-order valence-electron chi connectivity index (χ4n) is 2.95. The van der Waals surface area contributed by atoms with Gasteiger partial charge in [-0.3, -0.25) is 29.4 Å². The molecule has 3 rings (SSSR count). The van der Waals surface area contributed by atoms with Crippen molar-refractivity contribution in [1.82, 2.24) is 10.2 Å². The molecule has 0 bridgehead atoms. The topological polar surface area (TPSA) is 83.6 Å². The highest BCUT2D eigenvalue weighted by Gasteiger charge is 2.45. The average Bonchev–Trinajstić information content (AvgIpc) is 2.70. The van der Waals surface area contributed by atoms with Gasteiger partial charge in [-0.05, 0) is 30.0 Å². The van der Waals surface area contributed by atoms with Crippen molar-refractivity contribution in [3.05, 3.63) is 34.6 Å². The predicted octanol–water partition coefficient (Wildman–Crippen LogP) is 1.35. The molecule has 1 atom stereocenters. The molecule has 7 heteroatoms. The molecule has 0 spiro atoms. The van der Waals surface area contributed by atoms with E-state index in [-0.39, 0.29) is 29.9 Å². The molecule has 1 aromatic rings. The Morgan fingerprint density at radius 2 is 1.74 bits per heavy atom. The van der Waals surface area contributed by atoms with Crippen LogP contribution in [-0.2, 0) is 9.59 Å². The van der Waals surface area contributed by atoms with Gasteiger partial charge in [0.15, 0.2) is 0 Å². The van der Waals surface area contributed by atoms with E-state index in [4.69, 9.17) is 0 Å². The molecule has 2 aliphatic rings. The number of piperidine rings is 1. The van der Waals surface area contributed by atoms with E-state index >= 15 is 0 Å². The maximum Gasteiger partial charge on any atom is 0.262 e. The molecule has 23 heavy (non-hydrogen) atoms. The summed E-state index contributed by atoms with van der Waals surface area (Å²) in [4.78, 5) is 48.9. The van der Waals surface area contributed by atoms with E-state index < -0.39 is 35.5 Å². The van der Waals surface area contributed by atoms with E-state index in [9.17, 15) is 23.6 Å². The number of fused-ring (bicyclic) bond motifs is 1. The first-order valence-corrected chi connectivity index (χ1v) is 7.36. The van der Waals surface area contributed by atoms with E-state index in [1.165, 1.54) is 6.07 Å². The largest absolute Gasteiger partial charge is 0.295 e. The van der Waals surface area contributed by atoms with Gasteiger partial charge in [0, 0.05) is 6.42 Å². The van der Waals surface area contributed by atoms with Gasteiger partial charge in [0.2, 0.25) is 11.8 Å². The van der Waals surface area contributed by atoms with Gasteiger partial charge >= 0.3 is 0 Å². The first kappa shape index (κ1) is 15.3. The molecule has 1 aromatic carbocycles. The van der Waals surface area contributed by atoms with Gasteiger partial charge in [-0.25, -0.2) is 4.39 Å². The highest BCUT2D eigenvalue weighted by molar-refractivity contribution is 6.23. The van der Waals surface area contributed by atoms with Crippen molar-refractivity contribution in [2.75, 3.05) is 0 Å². The molecule has 2 heterocycles. The summed E-state index contributed by atoms with van der Waals surface area (Å²) in [6.07, 6.45) is 0.130. The summed E-state index contributed by atoms with van der Waals surface area (Å²) in [5.74, 6) is -3.13. The number of hydrogen-bond acceptors (Lipinski definition) is 4. The quantitative estimate of drug-likeness (QED) is 0.834. The summed E-state index contributed by atoms with van der Waals surface area (Å²) >= 11 is 0. The molecular formula is C16H15FN2O4. The van der Waals surface area contributed by atoms with Crippen LogP contribution in [-0.4, -0.2) is 34.6 Å². The minimum Gasteiger partial charge on any atom is -0.295 e. The van der Waals surface area contributed by atoms with E-state index in [0.717, 1.165) is 11.0 Å². The Bertz CT molecular complexity index is 757. The van der Waals surface area contributed by atoms with Crippen LogP contribution in [0, 0.1) is 5.82 Å². The summed E-state index contributed by atoms with van der Waals surface area (Å²) in [6.45, 7) is 3.56. The minimum absolute atomic E-state index is 0.0402. The zero-order valence-corrected chi connectivity index (χ0v) is 12.7. The number of nitrogens with one attached hydrogen (secondary N) is 1. The molecule has 0 aliphatic carbocycles. The molecule has 0 radical (unpaired) electrons. The van der Waals surface area contributed by atoms with Crippen LogP contribution >= 0.6 is 0 Å². The molecule has 0 unspecified atom stereocenters. The monoisotopic (exact) mass is 318 g/mol. The van der Waals surface area contributed by atoms with Crippen molar-refractivity contribution in [3.63, 3.8) is 0 Å². The van der Waals surface area contributed by atoms with Crippen LogP contribution in [0.4, 0.5) is 4.39 Å². The predicted molar refractivity (Wildman–Crippen MR) is 77.2 cm³/mol. The first-order valence-electron chi connectivity index (χ1n) is 7.36. The van der Waals surface area contributed by atoms with E-state index in [2.05, 4.69) is 5.32 Å². The van der Waals surface area contributed by atoms with E-state index in [1.54, 1.807) is 13.8 Å². The number of halogens is 1. The number of carbonyl (C=O) groups excluding carboxylic acids is 4. The van der Waals surface area contributed by atoms with Crippen molar-refractivity contribution in [3.8, 4) is 0 Å². The fraction of sp³-hybridized carbons (Fsp3) is 0.375. The maximum atomic E-state index is 14.1. The summed E-state index contributed by atoms with van der Waals surface area (Å²) in [5.41, 5.74) is 0.404. The van der Waals surface area contributed by atoms with Crippen LogP contribution in [0.2, 0.25) is 0 Å². The van der Waals surface area contributed by atoms with Crippen LogP contribution in [0.5, 0.6) is 0 Å². The van der Waals surface area contributed by atoms with Crippen molar-refractivity contribution in [2.45, 2.75) is 38.6 Å². The van der Waals surface area contributed by atoms with Crippen molar-refractivity contribution in [1.29, 1.82) is 0 Å². The zero-order chi connectivity index (χ0) is 16.9. The van der Waals surface area contributed by atoms with Gasteiger partial charge in [0.05, 0.1) is 11.1 Å². The molecule has 1 N–H and O–H groups in total. The van der Waals surface area contributed by atoms with Crippen LogP contribution in [0.25, 0.3) is 0 Å². The van der Waals surface area contributed by atoms with Crippen LogP contribution in [0.1, 0.15) is 58.9 Å². The Labute approximate surface area is 131 Å². The molecule has 4 amide bonds. The molecular weight excluding hydrogens is 303 g/mol. The Kier molecular flexibility index (Phi) is 3.50. The highest BCUT2D eigenvalue weighted by Crippen LogP contribution is 2.31. The summed E-state index contributed by atoms with van der Waals surface area (Å²) < 4.78 is 14.1. The Balaban J connectivity index is 2.01. The lowest BCUT2D eigenvalue weighted by molar-refractivity contribution is -0.136. The van der Waals surface area contributed by atoms with Crippen LogP contribution in [0.15, 0.2) is 12.1 Å². The fourth-order valence-corrected chi connectivity index (χ4v) is 2.95. The molecule has 6 nitrogen and oxygen atoms in total. The zero-order valence-electron chi connectivity index (χ0n) is 12.7. The Morgan fingerprint density at radius 3 is 2.30 bits per heavy atom. The number of rotatable bonds is 2. The lowest BCUT2D eigenvalue weighted by Gasteiger charge is -2.27. The van der Waals surface area contributed by atoms with Gasteiger partial charge in [-0.1, -0.05) is 13.8 Å². The highest BCUT2D eigenvalue weighted by atomic mass is 19.1. The number of amides is 4. The Morgan fingerprint density at radius 1 is 1.13 bits per heavy atom. The van der Waals surface area contributed by atoms with Gasteiger partial charge in [-0.15, -0.1) is 0 Å². The molecule has 0 saturated carbocycles. The third-order valence-electron chi connectivity index (χ3n) is 4.18. The average molecular weight is 318 g/mol. The molecule has 2 aliphatic heterocycles. The summed E-state index contributed by atoms with van der Waals surface area (Å²) in [5, 5.41) is 2.12. The second-order valence-corrected chi connectivity index (χ2v) is 6.02. The van der Waals surface area contributed by atoms with Crippen molar-refractivity contribution in [2.24, 2.45) is 0 Å². The van der Waals surface area contributed by atoms with Gasteiger partial charge in [-0.2, -0.15) is 0 Å². The number of carbonyl (C=O) groups is 4. The standard InChI is InChI=1S/C16H15FN2O4/c1-7(2)8-5-9-10(6-11(8)17)16(23)19(15(9)22)12-3-4-13(20)18-14(12)21/h5-7,12H,3-4H2,1-2H3,(H,18,20,21)/t12-/m1/s1. The number of nitrogens with zero attached hydrogens (tertiary/aromatic N) is 1. The second-order valence-electron chi connectivity index (χ2n) is 6.02. The minimum atomic E-state index is -1.04. The maximum absolute atomic E-state index is 14.1. The molecule has 1 fully saturated rings. The van der Waals surface area contributed by atoms with E-state index in [1.807, 2.05) is 0 Å². The summed E-state index contributed by atoms with van der Waals surface area (Å²) in [7, 11) is 0. The lowest BCUT2D eigenvalue weighted by Crippen LogP contribution is -2.54. The molecule has 1 saturated heterocycles. The van der Waals surface area contributed by atoms with Crippen LogP contribution < -0.4 is 5.32 Å². The summed E-state index contributed by atoms with van der Waals surface area (Å²) in [6, 6.07) is 1.39. The number of imide groups is 2. The third-order valence-corrected chi connectivity index (χ3v) is 4.18. The Hall–Kier alpha value is -2.57. The third kappa shape index (κ3) is 2.32. The van der Waals surface area contributed by atoms with Crippen molar-refractivity contribution >= 4 is 23.6 Å². The smallest absolute Gasteiger partial charge is 0.262 e.